The monoisotopic (exact) mass is 544 g/mol. The lowest BCUT2D eigenvalue weighted by molar-refractivity contribution is -0.252. The first kappa shape index (κ1) is 30.6. The predicted molar refractivity (Wildman–Crippen MR) is 155 cm³/mol. The largest absolute Gasteiger partial charge is 0.462 e. The second kappa shape index (κ2) is 10.2. The van der Waals surface area contributed by atoms with Crippen molar-refractivity contribution in [2.45, 2.75) is 145 Å². The topological polar surface area (TPSA) is 72.8 Å². The zero-order valence-corrected chi connectivity index (χ0v) is 26.5. The number of ether oxygens (including phenoxy) is 2. The Kier molecular flexibility index (Phi) is 7.98. The highest BCUT2D eigenvalue weighted by atomic mass is 16.5. The predicted octanol–water partition coefficient (Wildman–Crippen LogP) is 7.64. The molecule has 0 radical (unpaired) electrons. The van der Waals surface area contributed by atoms with Crippen LogP contribution in [0.3, 0.4) is 0 Å². The van der Waals surface area contributed by atoms with Crippen LogP contribution >= 0.6 is 0 Å². The van der Waals surface area contributed by atoms with Gasteiger partial charge >= 0.3 is 11.9 Å². The van der Waals surface area contributed by atoms with E-state index >= 15 is 0 Å². The van der Waals surface area contributed by atoms with Gasteiger partial charge in [0.25, 0.3) is 0 Å². The molecular formula is C34H56O5. The average Bonchev–Trinajstić information content (AvgIpc) is 3.17. The Hall–Kier alpha value is -1.36. The lowest BCUT2D eigenvalue weighted by Crippen LogP contribution is -2.67. The number of fused-ring (bicyclic) bond motifs is 5. The van der Waals surface area contributed by atoms with E-state index in [1.54, 1.807) is 6.92 Å². The van der Waals surface area contributed by atoms with Crippen LogP contribution in [-0.2, 0) is 19.1 Å². The maximum atomic E-state index is 12.5. The van der Waals surface area contributed by atoms with Crippen LogP contribution in [-0.4, -0.2) is 34.9 Å². The molecule has 0 saturated heterocycles. The fourth-order valence-electron chi connectivity index (χ4n) is 11.0. The molecule has 0 spiro atoms. The van der Waals surface area contributed by atoms with Crippen LogP contribution in [0.25, 0.3) is 0 Å². The quantitative estimate of drug-likeness (QED) is 0.275. The van der Waals surface area contributed by atoms with Crippen LogP contribution in [0.2, 0.25) is 0 Å². The molecular weight excluding hydrogens is 488 g/mol. The second-order valence-electron chi connectivity index (χ2n) is 15.7. The molecule has 222 valence electrons. The van der Waals surface area contributed by atoms with Crippen LogP contribution in [0.4, 0.5) is 0 Å². The minimum absolute atomic E-state index is 0.0218. The number of allylic oxidation sites excluding steroid dienone is 2. The van der Waals surface area contributed by atoms with E-state index in [0.717, 1.165) is 57.8 Å². The highest BCUT2D eigenvalue weighted by Gasteiger charge is 2.72. The second-order valence-corrected chi connectivity index (χ2v) is 15.7. The van der Waals surface area contributed by atoms with Crippen LogP contribution in [0.5, 0.6) is 0 Å². The third-order valence-corrected chi connectivity index (χ3v) is 12.9. The summed E-state index contributed by atoms with van der Waals surface area (Å²) in [6.07, 6.45) is 10.6. The van der Waals surface area contributed by atoms with E-state index in [-0.39, 0.29) is 57.6 Å². The summed E-state index contributed by atoms with van der Waals surface area (Å²) in [5.74, 6) is 0.697. The van der Waals surface area contributed by atoms with Crippen molar-refractivity contribution in [1.82, 2.24) is 0 Å². The highest BCUT2D eigenvalue weighted by Crippen LogP contribution is 2.76. The Balaban J connectivity index is 1.72. The van der Waals surface area contributed by atoms with Crippen LogP contribution < -0.4 is 0 Å². The standard InChI is InChI=1S/C34H56O5/c1-21(2)12-11-16-34(10,37)24-13-18-33(9)29(24)25(38-22(3)35)20-27-31(7)17-15-28(39-23(4)36)30(5,6)26(31)14-19-32(27,33)8/h12,24-29,37H,11,13-20H2,1-10H3/t24?,25-,26?,27?,28+,29?,31+,32-,33-,34+/m1/s1. The molecule has 4 fully saturated rings. The summed E-state index contributed by atoms with van der Waals surface area (Å²) in [6, 6.07) is 0. The zero-order valence-electron chi connectivity index (χ0n) is 26.5. The van der Waals surface area contributed by atoms with Crippen molar-refractivity contribution >= 4 is 11.9 Å². The van der Waals surface area contributed by atoms with Gasteiger partial charge in [-0.15, -0.1) is 0 Å². The number of hydrogen-bond donors (Lipinski definition) is 1. The molecule has 0 bridgehead atoms. The summed E-state index contributed by atoms with van der Waals surface area (Å²) >= 11 is 0. The van der Waals surface area contributed by atoms with Crippen molar-refractivity contribution in [3.8, 4) is 0 Å². The van der Waals surface area contributed by atoms with Gasteiger partial charge in [0, 0.05) is 25.2 Å². The van der Waals surface area contributed by atoms with Gasteiger partial charge in [0.15, 0.2) is 0 Å². The molecule has 4 unspecified atom stereocenters. The minimum atomic E-state index is -0.804. The van der Waals surface area contributed by atoms with Crippen molar-refractivity contribution in [1.29, 1.82) is 0 Å². The summed E-state index contributed by atoms with van der Waals surface area (Å²) in [5.41, 5.74) is 0.511. The van der Waals surface area contributed by atoms with Crippen LogP contribution in [0, 0.1) is 45.3 Å². The smallest absolute Gasteiger partial charge is 0.302 e. The molecule has 4 aliphatic rings. The Morgan fingerprint density at radius 3 is 2.08 bits per heavy atom. The minimum Gasteiger partial charge on any atom is -0.462 e. The van der Waals surface area contributed by atoms with E-state index in [1.165, 1.54) is 12.5 Å². The zero-order chi connectivity index (χ0) is 29.2. The molecule has 0 amide bonds. The van der Waals surface area contributed by atoms with E-state index in [1.807, 2.05) is 6.92 Å². The molecule has 5 nitrogen and oxygen atoms in total. The SMILES string of the molecule is CC(=O)O[C@H]1CC[C@@]2(C)C(CC[C@]3(C)C2C[C@@H](OC(C)=O)C2C([C@@](C)(O)CCC=C(C)C)CC[C@]23C)C1(C)C. The number of aliphatic hydroxyl groups is 1. The number of rotatable bonds is 6. The van der Waals surface area contributed by atoms with E-state index in [4.69, 9.17) is 9.47 Å². The van der Waals surface area contributed by atoms with Crippen molar-refractivity contribution in [3.63, 3.8) is 0 Å². The van der Waals surface area contributed by atoms with Gasteiger partial charge in [0.1, 0.15) is 12.2 Å². The van der Waals surface area contributed by atoms with Crippen molar-refractivity contribution < 1.29 is 24.2 Å². The van der Waals surface area contributed by atoms with E-state index < -0.39 is 5.60 Å². The Bertz CT molecular complexity index is 992. The maximum absolute atomic E-state index is 12.5. The Morgan fingerprint density at radius 1 is 0.872 bits per heavy atom. The number of esters is 2. The molecule has 10 atom stereocenters. The van der Waals surface area contributed by atoms with Crippen molar-refractivity contribution in [2.75, 3.05) is 0 Å². The lowest BCUT2D eigenvalue weighted by atomic mass is 9.35. The summed E-state index contributed by atoms with van der Waals surface area (Å²) < 4.78 is 12.1. The van der Waals surface area contributed by atoms with Gasteiger partial charge in [0.05, 0.1) is 5.60 Å². The first-order valence-electron chi connectivity index (χ1n) is 15.6. The number of carbonyl (C=O) groups is 2. The summed E-state index contributed by atoms with van der Waals surface area (Å²) in [6.45, 7) is 21.4. The molecule has 39 heavy (non-hydrogen) atoms. The maximum Gasteiger partial charge on any atom is 0.302 e. The molecule has 0 aromatic rings. The molecule has 4 saturated carbocycles. The van der Waals surface area contributed by atoms with E-state index in [9.17, 15) is 14.7 Å². The van der Waals surface area contributed by atoms with Gasteiger partial charge in [-0.25, -0.2) is 0 Å². The van der Waals surface area contributed by atoms with Crippen molar-refractivity contribution in [2.24, 2.45) is 45.3 Å². The van der Waals surface area contributed by atoms with Crippen molar-refractivity contribution in [3.05, 3.63) is 11.6 Å². The third kappa shape index (κ3) is 4.91. The van der Waals surface area contributed by atoms with Gasteiger partial charge in [-0.1, -0.05) is 46.3 Å². The molecule has 0 aliphatic heterocycles. The fourth-order valence-corrected chi connectivity index (χ4v) is 11.0. The lowest BCUT2D eigenvalue weighted by Gasteiger charge is -2.70. The molecule has 4 rings (SSSR count). The van der Waals surface area contributed by atoms with Crippen LogP contribution in [0.15, 0.2) is 11.6 Å². The van der Waals surface area contributed by atoms with Gasteiger partial charge in [-0.05, 0) is 113 Å². The molecule has 4 aliphatic carbocycles. The van der Waals surface area contributed by atoms with Crippen LogP contribution in [0.1, 0.15) is 127 Å². The van der Waals surface area contributed by atoms with E-state index in [2.05, 4.69) is 54.5 Å². The molecule has 0 aromatic carbocycles. The summed E-state index contributed by atoms with van der Waals surface area (Å²) in [4.78, 5) is 24.5. The van der Waals surface area contributed by atoms with Gasteiger partial charge in [-0.3, -0.25) is 9.59 Å². The molecule has 1 N–H and O–H groups in total. The first-order chi connectivity index (χ1) is 17.9. The number of hydrogen-bond acceptors (Lipinski definition) is 5. The summed E-state index contributed by atoms with van der Waals surface area (Å²) in [5, 5.41) is 11.9. The highest BCUT2D eigenvalue weighted by molar-refractivity contribution is 5.66. The molecule has 0 aromatic heterocycles. The van der Waals surface area contributed by atoms with Gasteiger partial charge in [0.2, 0.25) is 0 Å². The molecule has 5 heteroatoms. The van der Waals surface area contributed by atoms with Gasteiger partial charge in [-0.2, -0.15) is 0 Å². The molecule has 0 heterocycles. The van der Waals surface area contributed by atoms with Gasteiger partial charge < -0.3 is 14.6 Å². The fraction of sp³-hybridized carbons (Fsp3) is 0.882. The third-order valence-electron chi connectivity index (χ3n) is 12.9. The number of carbonyl (C=O) groups excluding carboxylic acids is 2. The van der Waals surface area contributed by atoms with E-state index in [0.29, 0.717) is 11.8 Å². The Labute approximate surface area is 237 Å². The normalized spacial score (nSPS) is 44.2. The average molecular weight is 545 g/mol. The summed E-state index contributed by atoms with van der Waals surface area (Å²) in [7, 11) is 0. The Morgan fingerprint density at radius 2 is 1.49 bits per heavy atom. The first-order valence-corrected chi connectivity index (χ1v) is 15.6.